The molecule has 2 aromatic carbocycles. The van der Waals surface area contributed by atoms with Crippen molar-refractivity contribution in [2.24, 2.45) is 0 Å². The molecule has 0 fully saturated rings. The summed E-state index contributed by atoms with van der Waals surface area (Å²) in [5.74, 6) is 1.58. The van der Waals surface area contributed by atoms with Gasteiger partial charge in [-0.3, -0.25) is 0 Å². The molecule has 3 nitrogen and oxygen atoms in total. The number of hydrogen-bond donors (Lipinski definition) is 1. The first-order valence-corrected chi connectivity index (χ1v) is 6.72. The maximum Gasteiger partial charge on any atom is 0.142 e. The molecule has 1 N–H and O–H groups in total. The van der Waals surface area contributed by atoms with Gasteiger partial charge in [-0.05, 0) is 42.3 Å². The molecular formula is C16H18ClNO2. The number of hydrogen-bond acceptors (Lipinski definition) is 3. The lowest BCUT2D eigenvalue weighted by atomic mass is 10.1. The minimum Gasteiger partial charge on any atom is -0.497 e. The van der Waals surface area contributed by atoms with Gasteiger partial charge in [0.2, 0.25) is 0 Å². The summed E-state index contributed by atoms with van der Waals surface area (Å²) in [5, 5.41) is 4.12. The van der Waals surface area contributed by atoms with Gasteiger partial charge in [-0.2, -0.15) is 0 Å². The van der Waals surface area contributed by atoms with Gasteiger partial charge in [-0.25, -0.2) is 0 Å². The predicted molar refractivity (Wildman–Crippen MR) is 83.1 cm³/mol. The molecule has 0 saturated carbocycles. The highest BCUT2D eigenvalue weighted by Gasteiger charge is 2.06. The number of anilines is 1. The Bertz CT molecular complexity index is 599. The van der Waals surface area contributed by atoms with Crippen molar-refractivity contribution in [1.29, 1.82) is 0 Å². The first-order valence-electron chi connectivity index (χ1n) is 6.35. The lowest BCUT2D eigenvalue weighted by molar-refractivity contribution is 0.404. The van der Waals surface area contributed by atoms with E-state index in [0.29, 0.717) is 6.54 Å². The minimum absolute atomic E-state index is 0.701. The minimum atomic E-state index is 0.701. The number of benzene rings is 2. The Morgan fingerprint density at radius 1 is 1.05 bits per heavy atom. The van der Waals surface area contributed by atoms with E-state index in [1.807, 2.05) is 43.3 Å². The highest BCUT2D eigenvalue weighted by Crippen LogP contribution is 2.29. The van der Waals surface area contributed by atoms with Crippen LogP contribution < -0.4 is 14.8 Å². The summed E-state index contributed by atoms with van der Waals surface area (Å²) in [6.45, 7) is 2.75. The van der Waals surface area contributed by atoms with Gasteiger partial charge < -0.3 is 14.8 Å². The van der Waals surface area contributed by atoms with E-state index in [4.69, 9.17) is 21.1 Å². The molecular weight excluding hydrogens is 274 g/mol. The van der Waals surface area contributed by atoms with E-state index in [1.165, 1.54) is 5.56 Å². The highest BCUT2D eigenvalue weighted by molar-refractivity contribution is 6.30. The summed E-state index contributed by atoms with van der Waals surface area (Å²) >= 11 is 5.96. The van der Waals surface area contributed by atoms with Crippen LogP contribution in [0.25, 0.3) is 0 Å². The first-order chi connectivity index (χ1) is 9.63. The maximum atomic E-state index is 5.96. The fourth-order valence-corrected chi connectivity index (χ4v) is 2.23. The van der Waals surface area contributed by atoms with E-state index < -0.39 is 0 Å². The Morgan fingerprint density at radius 2 is 1.85 bits per heavy atom. The van der Waals surface area contributed by atoms with Crippen LogP contribution in [0, 0.1) is 6.92 Å². The second-order valence-electron chi connectivity index (χ2n) is 4.49. The third-order valence-electron chi connectivity index (χ3n) is 3.18. The molecule has 0 unspecified atom stereocenters. The van der Waals surface area contributed by atoms with Crippen molar-refractivity contribution in [3.8, 4) is 11.5 Å². The molecule has 0 aromatic heterocycles. The Kier molecular flexibility index (Phi) is 4.74. The molecule has 0 amide bonds. The van der Waals surface area contributed by atoms with Crippen LogP contribution in [0.1, 0.15) is 11.1 Å². The van der Waals surface area contributed by atoms with E-state index in [1.54, 1.807) is 14.2 Å². The van der Waals surface area contributed by atoms with Gasteiger partial charge >= 0.3 is 0 Å². The van der Waals surface area contributed by atoms with Crippen molar-refractivity contribution in [3.63, 3.8) is 0 Å². The molecule has 0 bridgehead atoms. The molecule has 0 heterocycles. The quantitative estimate of drug-likeness (QED) is 0.892. The Balaban J connectivity index is 2.17. The number of nitrogens with one attached hydrogen (secondary N) is 1. The number of halogens is 1. The van der Waals surface area contributed by atoms with Crippen molar-refractivity contribution in [2.45, 2.75) is 13.5 Å². The lowest BCUT2D eigenvalue weighted by Gasteiger charge is -2.14. The van der Waals surface area contributed by atoms with Gasteiger partial charge in [0.1, 0.15) is 11.5 Å². The van der Waals surface area contributed by atoms with Crippen LogP contribution in [0.15, 0.2) is 36.4 Å². The van der Waals surface area contributed by atoms with Gasteiger partial charge in [-0.15, -0.1) is 0 Å². The maximum absolute atomic E-state index is 5.96. The summed E-state index contributed by atoms with van der Waals surface area (Å²) in [5.41, 5.74) is 3.26. The standard InChI is InChI=1S/C16H18ClNO2/c1-11-8-13(17)5-4-12(11)10-18-15-9-14(19-2)6-7-16(15)20-3/h4-9,18H,10H2,1-3H3. The molecule has 106 valence electrons. The predicted octanol–water partition coefficient (Wildman–Crippen LogP) is 4.28. The van der Waals surface area contributed by atoms with Crippen LogP contribution in [0.2, 0.25) is 5.02 Å². The lowest BCUT2D eigenvalue weighted by Crippen LogP contribution is -2.03. The molecule has 20 heavy (non-hydrogen) atoms. The zero-order valence-electron chi connectivity index (χ0n) is 11.9. The fraction of sp³-hybridized carbons (Fsp3) is 0.250. The van der Waals surface area contributed by atoms with Crippen LogP contribution in [0.3, 0.4) is 0 Å². The molecule has 0 radical (unpaired) electrons. The third-order valence-corrected chi connectivity index (χ3v) is 3.42. The van der Waals surface area contributed by atoms with Crippen LogP contribution >= 0.6 is 11.6 Å². The Morgan fingerprint density at radius 3 is 2.50 bits per heavy atom. The van der Waals surface area contributed by atoms with Crippen LogP contribution in [0.5, 0.6) is 11.5 Å². The van der Waals surface area contributed by atoms with E-state index in [9.17, 15) is 0 Å². The van der Waals surface area contributed by atoms with Crippen LogP contribution in [0.4, 0.5) is 5.69 Å². The van der Waals surface area contributed by atoms with Gasteiger partial charge in [0.25, 0.3) is 0 Å². The first kappa shape index (κ1) is 14.5. The van der Waals surface area contributed by atoms with Crippen molar-refractivity contribution < 1.29 is 9.47 Å². The zero-order valence-corrected chi connectivity index (χ0v) is 12.6. The second-order valence-corrected chi connectivity index (χ2v) is 4.93. The topological polar surface area (TPSA) is 30.5 Å². The van der Waals surface area contributed by atoms with Crippen molar-refractivity contribution in [1.82, 2.24) is 0 Å². The number of methoxy groups -OCH3 is 2. The molecule has 2 aromatic rings. The number of aryl methyl sites for hydroxylation is 1. The average Bonchev–Trinajstić information content (AvgIpc) is 2.46. The number of rotatable bonds is 5. The smallest absolute Gasteiger partial charge is 0.142 e. The molecule has 0 aliphatic rings. The van der Waals surface area contributed by atoms with Crippen molar-refractivity contribution in [2.75, 3.05) is 19.5 Å². The summed E-state index contributed by atoms with van der Waals surface area (Å²) < 4.78 is 10.6. The van der Waals surface area contributed by atoms with Gasteiger partial charge in [0.05, 0.1) is 19.9 Å². The highest BCUT2D eigenvalue weighted by atomic mass is 35.5. The summed E-state index contributed by atoms with van der Waals surface area (Å²) in [6.07, 6.45) is 0. The summed E-state index contributed by atoms with van der Waals surface area (Å²) in [6, 6.07) is 11.6. The fourth-order valence-electron chi connectivity index (χ4n) is 2.00. The van der Waals surface area contributed by atoms with Gasteiger partial charge in [-0.1, -0.05) is 17.7 Å². The molecule has 0 saturated heterocycles. The number of ether oxygens (including phenoxy) is 2. The summed E-state index contributed by atoms with van der Waals surface area (Å²) in [4.78, 5) is 0. The molecule has 0 atom stereocenters. The van der Waals surface area contributed by atoms with Crippen LogP contribution in [-0.4, -0.2) is 14.2 Å². The SMILES string of the molecule is COc1ccc(OC)c(NCc2ccc(Cl)cc2C)c1. The van der Waals surface area contributed by atoms with Crippen molar-refractivity contribution in [3.05, 3.63) is 52.5 Å². The Labute approximate surface area is 124 Å². The molecule has 0 aliphatic carbocycles. The van der Waals surface area contributed by atoms with Crippen molar-refractivity contribution >= 4 is 17.3 Å². The molecule has 4 heteroatoms. The second kappa shape index (κ2) is 6.53. The van der Waals surface area contributed by atoms with Gasteiger partial charge in [0.15, 0.2) is 0 Å². The van der Waals surface area contributed by atoms with E-state index in [2.05, 4.69) is 5.32 Å². The van der Waals surface area contributed by atoms with E-state index in [0.717, 1.165) is 27.8 Å². The van der Waals surface area contributed by atoms with Gasteiger partial charge in [0, 0.05) is 17.6 Å². The van der Waals surface area contributed by atoms with E-state index in [-0.39, 0.29) is 0 Å². The van der Waals surface area contributed by atoms with Crippen LogP contribution in [-0.2, 0) is 6.54 Å². The monoisotopic (exact) mass is 291 g/mol. The molecule has 2 rings (SSSR count). The Hall–Kier alpha value is -1.87. The zero-order chi connectivity index (χ0) is 14.5. The average molecular weight is 292 g/mol. The molecule has 0 aliphatic heterocycles. The summed E-state index contributed by atoms with van der Waals surface area (Å²) in [7, 11) is 3.30. The largest absolute Gasteiger partial charge is 0.497 e. The molecule has 0 spiro atoms. The normalized spacial score (nSPS) is 10.2. The third kappa shape index (κ3) is 3.36. The van der Waals surface area contributed by atoms with E-state index >= 15 is 0 Å².